The van der Waals surface area contributed by atoms with Crippen molar-refractivity contribution in [2.45, 2.75) is 31.4 Å². The summed E-state index contributed by atoms with van der Waals surface area (Å²) < 4.78 is 34.5. The van der Waals surface area contributed by atoms with Gasteiger partial charge in [-0.3, -0.25) is 15.0 Å². The molecule has 37 heavy (non-hydrogen) atoms. The number of fused-ring (bicyclic) bond motifs is 1. The Hall–Kier alpha value is -3.74. The Morgan fingerprint density at radius 1 is 1.14 bits per heavy atom. The number of hydrogen-bond acceptors (Lipinski definition) is 7. The van der Waals surface area contributed by atoms with Gasteiger partial charge in [0.25, 0.3) is 0 Å². The van der Waals surface area contributed by atoms with Gasteiger partial charge in [0, 0.05) is 36.3 Å². The van der Waals surface area contributed by atoms with E-state index in [9.17, 15) is 18.0 Å². The van der Waals surface area contributed by atoms with Gasteiger partial charge in [0.05, 0.1) is 22.4 Å². The van der Waals surface area contributed by atoms with Crippen LogP contribution in [0.1, 0.15) is 18.2 Å². The van der Waals surface area contributed by atoms with E-state index < -0.39 is 33.9 Å². The Morgan fingerprint density at radius 2 is 1.86 bits per heavy atom. The molecule has 196 valence electrons. The number of amides is 3. The van der Waals surface area contributed by atoms with Gasteiger partial charge in [0.1, 0.15) is 12.4 Å². The van der Waals surface area contributed by atoms with Gasteiger partial charge >= 0.3 is 6.03 Å². The molecular formula is C25H29N5O6S. The number of aryl methyl sites for hydroxylation is 1. The Labute approximate surface area is 214 Å². The van der Waals surface area contributed by atoms with Crippen LogP contribution in [0.15, 0.2) is 59.5 Å². The number of carbonyl (C=O) groups excluding carboxylic acids is 2. The lowest BCUT2D eigenvalue weighted by Crippen LogP contribution is -2.45. The Bertz CT molecular complexity index is 1400. The minimum atomic E-state index is -4.03. The van der Waals surface area contributed by atoms with Crippen LogP contribution in [-0.2, 0) is 21.4 Å². The van der Waals surface area contributed by atoms with Crippen LogP contribution < -0.4 is 20.3 Å². The largest absolute Gasteiger partial charge is 0.489 e. The van der Waals surface area contributed by atoms with Crippen molar-refractivity contribution in [3.8, 4) is 5.75 Å². The summed E-state index contributed by atoms with van der Waals surface area (Å²) in [6, 6.07) is 14.3. The summed E-state index contributed by atoms with van der Waals surface area (Å²) in [4.78, 5) is 30.2. The molecule has 0 radical (unpaired) electrons. The Kier molecular flexibility index (Phi) is 7.91. The fourth-order valence-corrected chi connectivity index (χ4v) is 5.63. The highest BCUT2D eigenvalue weighted by molar-refractivity contribution is 7.89. The monoisotopic (exact) mass is 527 g/mol. The molecule has 3 amide bonds. The fourth-order valence-electron chi connectivity index (χ4n) is 4.36. The third-order valence-corrected chi connectivity index (χ3v) is 7.65. The third kappa shape index (κ3) is 5.98. The molecule has 1 aliphatic heterocycles. The number of ether oxygens (including phenoxy) is 1. The number of pyridine rings is 1. The van der Waals surface area contributed by atoms with Crippen molar-refractivity contribution in [2.75, 3.05) is 19.6 Å². The first-order valence-corrected chi connectivity index (χ1v) is 13.3. The predicted molar refractivity (Wildman–Crippen MR) is 135 cm³/mol. The number of para-hydroxylation sites is 1. The SMILES string of the molecule is CCNC(=O)N1C[C@H](C(=O)NO)[C@H](NS(=O)(=O)c2ccc(OCc3cc(C)nc4ccccc34)cc2)C1. The van der Waals surface area contributed by atoms with Gasteiger partial charge in [0.15, 0.2) is 0 Å². The molecule has 0 bridgehead atoms. The lowest BCUT2D eigenvalue weighted by Gasteiger charge is -2.18. The van der Waals surface area contributed by atoms with Crippen molar-refractivity contribution in [1.29, 1.82) is 0 Å². The number of hydroxylamine groups is 1. The van der Waals surface area contributed by atoms with E-state index in [1.807, 2.05) is 37.3 Å². The topological polar surface area (TPSA) is 150 Å². The van der Waals surface area contributed by atoms with Crippen LogP contribution >= 0.6 is 0 Å². The number of sulfonamides is 1. The summed E-state index contributed by atoms with van der Waals surface area (Å²) in [5, 5.41) is 12.7. The van der Waals surface area contributed by atoms with Gasteiger partial charge in [-0.25, -0.2) is 23.4 Å². The van der Waals surface area contributed by atoms with Crippen LogP contribution in [-0.4, -0.2) is 61.1 Å². The molecule has 4 N–H and O–H groups in total. The molecule has 11 nitrogen and oxygen atoms in total. The van der Waals surface area contributed by atoms with Crippen LogP contribution in [0.4, 0.5) is 4.79 Å². The van der Waals surface area contributed by atoms with Crippen molar-refractivity contribution in [1.82, 2.24) is 25.4 Å². The van der Waals surface area contributed by atoms with E-state index in [1.54, 1.807) is 24.5 Å². The quantitative estimate of drug-likeness (QED) is 0.258. The van der Waals surface area contributed by atoms with Crippen molar-refractivity contribution in [3.63, 3.8) is 0 Å². The first kappa shape index (κ1) is 26.3. The van der Waals surface area contributed by atoms with E-state index in [2.05, 4.69) is 15.0 Å². The molecule has 2 atom stereocenters. The average molecular weight is 528 g/mol. The highest BCUT2D eigenvalue weighted by Gasteiger charge is 2.41. The number of likely N-dealkylation sites (tertiary alicyclic amines) is 1. The first-order chi connectivity index (χ1) is 17.7. The summed E-state index contributed by atoms with van der Waals surface area (Å²) in [7, 11) is -4.03. The standard InChI is InChI=1S/C25H29N5O6S/c1-3-26-25(32)30-13-21(24(31)28-33)23(14-30)29-37(34,35)19-10-8-18(9-11-19)36-15-17-12-16(2)27-22-7-5-4-6-20(17)22/h4-12,21,23,29,33H,3,13-15H2,1-2H3,(H,26,32)(H,28,31)/t21-,23+/m0/s1. The molecule has 0 aliphatic carbocycles. The maximum Gasteiger partial charge on any atom is 0.317 e. The predicted octanol–water partition coefficient (Wildman–Crippen LogP) is 1.94. The molecular weight excluding hydrogens is 498 g/mol. The summed E-state index contributed by atoms with van der Waals surface area (Å²) in [5.74, 6) is -1.25. The second-order valence-corrected chi connectivity index (χ2v) is 10.5. The number of urea groups is 1. The molecule has 1 fully saturated rings. The maximum absolute atomic E-state index is 13.0. The summed E-state index contributed by atoms with van der Waals surface area (Å²) in [5.41, 5.74) is 4.26. The molecule has 12 heteroatoms. The zero-order valence-corrected chi connectivity index (χ0v) is 21.3. The highest BCUT2D eigenvalue weighted by atomic mass is 32.2. The van der Waals surface area contributed by atoms with Gasteiger partial charge in [-0.05, 0) is 50.2 Å². The number of rotatable bonds is 8. The normalized spacial score (nSPS) is 17.5. The lowest BCUT2D eigenvalue weighted by molar-refractivity contribution is -0.133. The number of benzene rings is 2. The highest BCUT2D eigenvalue weighted by Crippen LogP contribution is 2.24. The number of nitrogens with one attached hydrogen (secondary N) is 3. The number of hydrogen-bond donors (Lipinski definition) is 4. The summed E-state index contributed by atoms with van der Waals surface area (Å²) in [6.07, 6.45) is 0. The number of carbonyl (C=O) groups is 2. The average Bonchev–Trinajstić information content (AvgIpc) is 3.30. The van der Waals surface area contributed by atoms with E-state index in [4.69, 9.17) is 9.94 Å². The smallest absolute Gasteiger partial charge is 0.317 e. The molecule has 0 saturated carbocycles. The van der Waals surface area contributed by atoms with Crippen molar-refractivity contribution < 1.29 is 28.0 Å². The molecule has 0 spiro atoms. The molecule has 1 saturated heterocycles. The Balaban J connectivity index is 1.45. The molecule has 0 unspecified atom stereocenters. The number of aromatic nitrogens is 1. The van der Waals surface area contributed by atoms with Crippen LogP contribution in [0.3, 0.4) is 0 Å². The van der Waals surface area contributed by atoms with Gasteiger partial charge in [-0.15, -0.1) is 0 Å². The van der Waals surface area contributed by atoms with Crippen molar-refractivity contribution in [2.24, 2.45) is 5.92 Å². The molecule has 3 aromatic rings. The van der Waals surface area contributed by atoms with Crippen LogP contribution in [0, 0.1) is 12.8 Å². The van der Waals surface area contributed by atoms with Crippen LogP contribution in [0.25, 0.3) is 10.9 Å². The summed E-state index contributed by atoms with van der Waals surface area (Å²) >= 11 is 0. The molecule has 2 heterocycles. The van der Waals surface area contributed by atoms with Gasteiger partial charge in [-0.1, -0.05) is 18.2 Å². The van der Waals surface area contributed by atoms with E-state index in [0.29, 0.717) is 12.3 Å². The van der Waals surface area contributed by atoms with Gasteiger partial charge in [0.2, 0.25) is 15.9 Å². The Morgan fingerprint density at radius 3 is 2.57 bits per heavy atom. The molecule has 2 aromatic carbocycles. The van der Waals surface area contributed by atoms with E-state index >= 15 is 0 Å². The van der Waals surface area contributed by atoms with Crippen molar-refractivity contribution >= 4 is 32.9 Å². The maximum atomic E-state index is 13.0. The second-order valence-electron chi connectivity index (χ2n) is 8.75. The molecule has 1 aliphatic rings. The third-order valence-electron chi connectivity index (χ3n) is 6.15. The zero-order chi connectivity index (χ0) is 26.6. The van der Waals surface area contributed by atoms with E-state index in [-0.39, 0.29) is 24.6 Å². The van der Waals surface area contributed by atoms with E-state index in [0.717, 1.165) is 22.2 Å². The number of nitrogens with zero attached hydrogens (tertiary/aromatic N) is 2. The minimum Gasteiger partial charge on any atom is -0.489 e. The second kappa shape index (κ2) is 11.1. The zero-order valence-electron chi connectivity index (χ0n) is 20.5. The fraction of sp³-hybridized carbons (Fsp3) is 0.320. The van der Waals surface area contributed by atoms with Gasteiger partial charge < -0.3 is 15.0 Å². The van der Waals surface area contributed by atoms with Crippen LogP contribution in [0.5, 0.6) is 5.75 Å². The van der Waals surface area contributed by atoms with Crippen LogP contribution in [0.2, 0.25) is 0 Å². The molecule has 4 rings (SSSR count). The van der Waals surface area contributed by atoms with Gasteiger partial charge in [-0.2, -0.15) is 0 Å². The lowest BCUT2D eigenvalue weighted by atomic mass is 10.0. The molecule has 1 aromatic heterocycles. The van der Waals surface area contributed by atoms with Crippen molar-refractivity contribution in [3.05, 3.63) is 65.9 Å². The first-order valence-electron chi connectivity index (χ1n) is 11.8. The van der Waals surface area contributed by atoms with E-state index in [1.165, 1.54) is 17.0 Å². The minimum absolute atomic E-state index is 0.0235. The summed E-state index contributed by atoms with van der Waals surface area (Å²) in [6.45, 7) is 4.26.